The molecule has 0 atom stereocenters. The molecule has 6 rings (SSSR count). The molecule has 1 saturated heterocycles. The molecule has 9 nitrogen and oxygen atoms in total. The van der Waals surface area contributed by atoms with Crippen molar-refractivity contribution >= 4 is 30.0 Å². The molecule has 0 saturated carbocycles. The zero-order valence-electron chi connectivity index (χ0n) is 24.2. The maximum absolute atomic E-state index is 13.6. The van der Waals surface area contributed by atoms with Gasteiger partial charge in [-0.3, -0.25) is 9.59 Å². The number of hydrogen-bond donors (Lipinski definition) is 0. The second-order valence-corrected chi connectivity index (χ2v) is 11.0. The number of fused-ring (bicyclic) bond motifs is 1. The molecular weight excluding hydrogens is 547 g/mol. The number of hydrogen-bond acceptors (Lipinski definition) is 7. The molecule has 0 unspecified atom stereocenters. The van der Waals surface area contributed by atoms with Gasteiger partial charge in [-0.1, -0.05) is 54.6 Å². The minimum atomic E-state index is -0.405. The third-order valence-corrected chi connectivity index (χ3v) is 8.18. The van der Waals surface area contributed by atoms with Crippen LogP contribution in [0.5, 0.6) is 0 Å². The number of esters is 1. The molecule has 0 radical (unpaired) electrons. The summed E-state index contributed by atoms with van der Waals surface area (Å²) in [5, 5.41) is 2.12. The summed E-state index contributed by atoms with van der Waals surface area (Å²) < 4.78 is 22.7. The van der Waals surface area contributed by atoms with Crippen LogP contribution in [0.15, 0.2) is 71.7 Å². The maximum atomic E-state index is 13.6. The first kappa shape index (κ1) is 28.4. The highest BCUT2D eigenvalue weighted by molar-refractivity contribution is 5.72. The van der Waals surface area contributed by atoms with Crippen molar-refractivity contribution in [2.75, 3.05) is 29.9 Å². The van der Waals surface area contributed by atoms with Crippen molar-refractivity contribution in [3.63, 3.8) is 0 Å². The number of carbonyl (C=O) groups is 1. The van der Waals surface area contributed by atoms with Gasteiger partial charge >= 0.3 is 5.97 Å². The number of imidazole rings is 1. The Bertz CT molecular complexity index is 1760. The van der Waals surface area contributed by atoms with Gasteiger partial charge in [-0.05, 0) is 48.9 Å². The number of aromatic nitrogens is 4. The third-order valence-electron chi connectivity index (χ3n) is 8.18. The van der Waals surface area contributed by atoms with E-state index in [0.717, 1.165) is 66.5 Å². The highest BCUT2D eigenvalue weighted by atomic mass is 19.1. The molecule has 1 aliphatic carbocycles. The first-order valence-electron chi connectivity index (χ1n) is 14.7. The number of benzene rings is 2. The van der Waals surface area contributed by atoms with Crippen molar-refractivity contribution < 1.29 is 13.9 Å². The molecule has 4 aromatic rings. The first-order valence-corrected chi connectivity index (χ1v) is 14.7. The van der Waals surface area contributed by atoms with Gasteiger partial charge in [-0.2, -0.15) is 0 Å². The van der Waals surface area contributed by atoms with Gasteiger partial charge in [0.25, 0.3) is 5.56 Å². The topological polar surface area (TPSA) is 85.5 Å². The van der Waals surface area contributed by atoms with Crippen LogP contribution in [0.25, 0.3) is 12.2 Å². The number of carbonyl (C=O) groups excluding carboxylic acids is 1. The lowest BCUT2D eigenvalue weighted by molar-refractivity contribution is -0.146. The number of halogens is 1. The van der Waals surface area contributed by atoms with Gasteiger partial charge in [-0.25, -0.2) is 18.9 Å². The van der Waals surface area contributed by atoms with Gasteiger partial charge in [0.15, 0.2) is 6.73 Å². The van der Waals surface area contributed by atoms with Gasteiger partial charge < -0.3 is 19.1 Å². The van der Waals surface area contributed by atoms with Crippen LogP contribution >= 0.6 is 0 Å². The minimum Gasteiger partial charge on any atom is -0.443 e. The number of piperidine rings is 1. The number of nitrogens with zero attached hydrogens (tertiary/aromatic N) is 6. The van der Waals surface area contributed by atoms with E-state index in [1.165, 1.54) is 29.0 Å². The minimum absolute atomic E-state index is 0.130. The fourth-order valence-electron chi connectivity index (χ4n) is 5.84. The zero-order valence-corrected chi connectivity index (χ0v) is 24.2. The summed E-state index contributed by atoms with van der Waals surface area (Å²) in [5.74, 6) is 0.740. The quantitative estimate of drug-likeness (QED) is 0.281. The Morgan fingerprint density at radius 1 is 0.977 bits per heavy atom. The molecule has 222 valence electrons. The molecule has 0 N–H and O–H groups in total. The predicted octanol–water partition coefficient (Wildman–Crippen LogP) is 2.83. The van der Waals surface area contributed by atoms with E-state index in [0.29, 0.717) is 12.5 Å². The number of anilines is 2. The van der Waals surface area contributed by atoms with Gasteiger partial charge in [-0.15, -0.1) is 0 Å². The van der Waals surface area contributed by atoms with Crippen molar-refractivity contribution in [2.24, 2.45) is 0 Å². The largest absolute Gasteiger partial charge is 0.443 e. The smallest absolute Gasteiger partial charge is 0.311 e. The average molecular weight is 583 g/mol. The molecule has 2 aliphatic rings. The van der Waals surface area contributed by atoms with Gasteiger partial charge in [0.05, 0.1) is 23.7 Å². The molecule has 10 heteroatoms. The number of rotatable bonds is 9. The Morgan fingerprint density at radius 3 is 2.49 bits per heavy atom. The van der Waals surface area contributed by atoms with Crippen molar-refractivity contribution in [3.8, 4) is 0 Å². The summed E-state index contributed by atoms with van der Waals surface area (Å²) in [6, 6.07) is 17.5. The van der Waals surface area contributed by atoms with Crippen LogP contribution in [0.4, 0.5) is 16.3 Å². The third kappa shape index (κ3) is 6.38. The van der Waals surface area contributed by atoms with Crippen LogP contribution in [0.3, 0.4) is 0 Å². The average Bonchev–Trinajstić information content (AvgIpc) is 3.40. The van der Waals surface area contributed by atoms with E-state index in [9.17, 15) is 14.0 Å². The molecule has 3 heterocycles. The first-order chi connectivity index (χ1) is 21.0. The van der Waals surface area contributed by atoms with Crippen LogP contribution in [0.1, 0.15) is 36.8 Å². The molecule has 1 fully saturated rings. The summed E-state index contributed by atoms with van der Waals surface area (Å²) in [7, 11) is 1.93. The lowest BCUT2D eigenvalue weighted by atomic mass is 10.0. The SMILES string of the molecule is CN(c1nccc(=O)n1COC(=O)Cc1ccccc1)C1CCN(c2nc3c(n2Cc2ccc(F)cc2)=CCCC=3)CC1. The van der Waals surface area contributed by atoms with Gasteiger partial charge in [0.1, 0.15) is 5.82 Å². The molecule has 0 bridgehead atoms. The second kappa shape index (κ2) is 12.6. The standard InChI is InChI=1S/C33H35FN6O3/c1-37(32-35-18-15-30(41)40(32)23-43-31(42)21-24-7-3-2-4-8-24)27-16-19-38(20-17-27)33-36-28-9-5-6-10-29(28)39(33)22-25-11-13-26(34)14-12-25/h2-4,7-15,18,27H,5-6,16-17,19-23H2,1H3. The maximum Gasteiger partial charge on any atom is 0.311 e. The van der Waals surface area contributed by atoms with Gasteiger partial charge in [0.2, 0.25) is 11.9 Å². The summed E-state index contributed by atoms with van der Waals surface area (Å²) >= 11 is 0. The highest BCUT2D eigenvalue weighted by Crippen LogP contribution is 2.23. The van der Waals surface area contributed by atoms with Crippen LogP contribution < -0.4 is 26.1 Å². The predicted molar refractivity (Wildman–Crippen MR) is 164 cm³/mol. The van der Waals surface area contributed by atoms with Crippen molar-refractivity contribution in [1.82, 2.24) is 19.1 Å². The van der Waals surface area contributed by atoms with E-state index in [2.05, 4.69) is 26.6 Å². The van der Waals surface area contributed by atoms with E-state index in [1.54, 1.807) is 0 Å². The normalized spacial score (nSPS) is 14.9. The fourth-order valence-corrected chi connectivity index (χ4v) is 5.84. The fraction of sp³-hybridized carbons (Fsp3) is 0.333. The van der Waals surface area contributed by atoms with Crippen LogP contribution in [0, 0.1) is 5.82 Å². The Morgan fingerprint density at radius 2 is 1.72 bits per heavy atom. The van der Waals surface area contributed by atoms with Crippen LogP contribution in [-0.2, 0) is 29.2 Å². The van der Waals surface area contributed by atoms with Gasteiger partial charge in [0, 0.05) is 38.4 Å². The Kier molecular flexibility index (Phi) is 8.35. The monoisotopic (exact) mass is 582 g/mol. The lowest BCUT2D eigenvalue weighted by Gasteiger charge is -2.38. The zero-order chi connectivity index (χ0) is 29.8. The lowest BCUT2D eigenvalue weighted by Crippen LogP contribution is -2.46. The molecule has 1 aliphatic heterocycles. The Hall–Kier alpha value is -4.73. The van der Waals surface area contributed by atoms with Crippen LogP contribution in [-0.4, -0.2) is 51.3 Å². The molecule has 2 aromatic carbocycles. The molecule has 0 spiro atoms. The van der Waals surface area contributed by atoms with Crippen molar-refractivity contribution in [2.45, 2.75) is 51.4 Å². The van der Waals surface area contributed by atoms with E-state index in [4.69, 9.17) is 9.72 Å². The summed E-state index contributed by atoms with van der Waals surface area (Å²) in [6.07, 6.45) is 9.66. The summed E-state index contributed by atoms with van der Waals surface area (Å²) in [4.78, 5) is 39.1. The van der Waals surface area contributed by atoms with Crippen molar-refractivity contribution in [1.29, 1.82) is 0 Å². The molecule has 0 amide bonds. The van der Waals surface area contributed by atoms with E-state index in [-0.39, 0.29) is 30.6 Å². The number of ether oxygens (including phenoxy) is 1. The molecular formula is C33H35FN6O3. The summed E-state index contributed by atoms with van der Waals surface area (Å²) in [6.45, 7) is 1.97. The Balaban J connectivity index is 1.15. The van der Waals surface area contributed by atoms with E-state index >= 15 is 0 Å². The van der Waals surface area contributed by atoms with Crippen LogP contribution in [0.2, 0.25) is 0 Å². The Labute approximate surface area is 249 Å². The molecule has 2 aromatic heterocycles. The van der Waals surface area contributed by atoms with E-state index < -0.39 is 5.97 Å². The highest BCUT2D eigenvalue weighted by Gasteiger charge is 2.28. The molecule has 43 heavy (non-hydrogen) atoms. The van der Waals surface area contributed by atoms with Crippen molar-refractivity contribution in [3.05, 3.63) is 105 Å². The summed E-state index contributed by atoms with van der Waals surface area (Å²) in [5.41, 5.74) is 1.60. The second-order valence-electron chi connectivity index (χ2n) is 11.0. The van der Waals surface area contributed by atoms with E-state index in [1.807, 2.05) is 54.4 Å².